The highest BCUT2D eigenvalue weighted by atomic mass is 19.1. The molecule has 25 heavy (non-hydrogen) atoms. The van der Waals surface area contributed by atoms with Crippen LogP contribution < -0.4 is 10.6 Å². The van der Waals surface area contributed by atoms with Crippen molar-refractivity contribution in [3.05, 3.63) is 65.6 Å². The summed E-state index contributed by atoms with van der Waals surface area (Å²) in [5, 5.41) is 9.28. The van der Waals surface area contributed by atoms with Gasteiger partial charge in [0.1, 0.15) is 23.1 Å². The van der Waals surface area contributed by atoms with Gasteiger partial charge in [-0.25, -0.2) is 14.4 Å². The number of anilines is 2. The number of benzene rings is 1. The fourth-order valence-electron chi connectivity index (χ4n) is 2.17. The predicted molar refractivity (Wildman–Crippen MR) is 89.8 cm³/mol. The number of hydrogen-bond acceptors (Lipinski definition) is 6. The van der Waals surface area contributed by atoms with Crippen molar-refractivity contribution in [2.24, 2.45) is 0 Å². The van der Waals surface area contributed by atoms with E-state index in [9.17, 15) is 9.18 Å². The molecule has 2 N–H and O–H groups in total. The summed E-state index contributed by atoms with van der Waals surface area (Å²) < 4.78 is 18.4. The van der Waals surface area contributed by atoms with E-state index in [1.54, 1.807) is 31.2 Å². The van der Waals surface area contributed by atoms with Gasteiger partial charge in [0.05, 0.1) is 12.4 Å². The number of aryl methyl sites for hydroxylation is 1. The molecule has 0 unspecified atom stereocenters. The summed E-state index contributed by atoms with van der Waals surface area (Å²) in [6.45, 7) is 2.23. The first-order valence-corrected chi connectivity index (χ1v) is 7.66. The molecule has 2 aromatic heterocycles. The second-order valence-corrected chi connectivity index (χ2v) is 5.33. The third-order valence-electron chi connectivity index (χ3n) is 3.41. The Morgan fingerprint density at radius 3 is 2.72 bits per heavy atom. The number of nitrogens with one attached hydrogen (secondary N) is 2. The standard InChI is InChI=1S/C17H16FN5O2/c1-11-8-15(23-25-11)22-17(24)14-9-21-16(10-20-14)19-7-6-12-4-2-3-5-13(12)18/h2-5,8-10H,6-7H2,1H3,(H,19,21)(H,22,23,24). The molecule has 1 aromatic carbocycles. The molecule has 0 spiro atoms. The minimum absolute atomic E-state index is 0.153. The Hall–Kier alpha value is -3.29. The van der Waals surface area contributed by atoms with Gasteiger partial charge in [0.25, 0.3) is 5.91 Å². The minimum atomic E-state index is -0.432. The first-order chi connectivity index (χ1) is 12.1. The van der Waals surface area contributed by atoms with E-state index in [0.29, 0.717) is 35.9 Å². The van der Waals surface area contributed by atoms with Gasteiger partial charge in [0, 0.05) is 12.6 Å². The van der Waals surface area contributed by atoms with Crippen LogP contribution in [-0.2, 0) is 6.42 Å². The van der Waals surface area contributed by atoms with Gasteiger partial charge >= 0.3 is 0 Å². The van der Waals surface area contributed by atoms with Crippen molar-refractivity contribution >= 4 is 17.5 Å². The van der Waals surface area contributed by atoms with Crippen LogP contribution in [0.5, 0.6) is 0 Å². The number of hydrogen-bond donors (Lipinski definition) is 2. The summed E-state index contributed by atoms with van der Waals surface area (Å²) >= 11 is 0. The lowest BCUT2D eigenvalue weighted by Gasteiger charge is -2.06. The van der Waals surface area contributed by atoms with Gasteiger partial charge in [-0.3, -0.25) is 4.79 Å². The van der Waals surface area contributed by atoms with Crippen LogP contribution in [0.25, 0.3) is 0 Å². The summed E-state index contributed by atoms with van der Waals surface area (Å²) in [6, 6.07) is 8.22. The van der Waals surface area contributed by atoms with Crippen molar-refractivity contribution in [1.82, 2.24) is 15.1 Å². The van der Waals surface area contributed by atoms with Crippen molar-refractivity contribution in [2.45, 2.75) is 13.3 Å². The van der Waals surface area contributed by atoms with Crippen molar-refractivity contribution in [1.29, 1.82) is 0 Å². The van der Waals surface area contributed by atoms with Crippen molar-refractivity contribution in [2.75, 3.05) is 17.2 Å². The zero-order valence-electron chi connectivity index (χ0n) is 13.5. The van der Waals surface area contributed by atoms with E-state index in [4.69, 9.17) is 4.52 Å². The van der Waals surface area contributed by atoms with Gasteiger partial charge in [-0.2, -0.15) is 0 Å². The highest BCUT2D eigenvalue weighted by Gasteiger charge is 2.11. The Morgan fingerprint density at radius 2 is 2.04 bits per heavy atom. The maximum Gasteiger partial charge on any atom is 0.277 e. The van der Waals surface area contributed by atoms with Crippen LogP contribution in [0.4, 0.5) is 16.0 Å². The van der Waals surface area contributed by atoms with Crippen molar-refractivity contribution in [3.63, 3.8) is 0 Å². The Bertz CT molecular complexity index is 863. The molecule has 0 aliphatic carbocycles. The third kappa shape index (κ3) is 4.37. The summed E-state index contributed by atoms with van der Waals surface area (Å²) in [4.78, 5) is 20.2. The molecular weight excluding hydrogens is 325 g/mol. The van der Waals surface area contributed by atoms with E-state index < -0.39 is 5.91 Å². The monoisotopic (exact) mass is 341 g/mol. The summed E-state index contributed by atoms with van der Waals surface area (Å²) in [5.74, 6) is 0.751. The first-order valence-electron chi connectivity index (χ1n) is 7.66. The number of halogens is 1. The Balaban J connectivity index is 1.53. The fraction of sp³-hybridized carbons (Fsp3) is 0.176. The lowest BCUT2D eigenvalue weighted by Crippen LogP contribution is -2.15. The number of carbonyl (C=O) groups excluding carboxylic acids is 1. The number of aromatic nitrogens is 3. The van der Waals surface area contributed by atoms with Gasteiger partial charge in [-0.05, 0) is 25.0 Å². The largest absolute Gasteiger partial charge is 0.368 e. The molecule has 1 amide bonds. The average Bonchev–Trinajstić information content (AvgIpc) is 3.02. The summed E-state index contributed by atoms with van der Waals surface area (Å²) in [5.41, 5.74) is 0.780. The molecule has 8 heteroatoms. The third-order valence-corrected chi connectivity index (χ3v) is 3.41. The molecule has 0 aliphatic heterocycles. The Labute approximate surface area is 143 Å². The predicted octanol–water partition coefficient (Wildman–Crippen LogP) is 2.82. The maximum absolute atomic E-state index is 13.5. The van der Waals surface area contributed by atoms with Crippen LogP contribution in [0.1, 0.15) is 21.8 Å². The molecule has 0 radical (unpaired) electrons. The highest BCUT2D eigenvalue weighted by molar-refractivity contribution is 6.02. The first kappa shape index (κ1) is 16.6. The Morgan fingerprint density at radius 1 is 1.20 bits per heavy atom. The zero-order valence-corrected chi connectivity index (χ0v) is 13.5. The van der Waals surface area contributed by atoms with Gasteiger partial charge in [-0.15, -0.1) is 0 Å². The van der Waals surface area contributed by atoms with Crippen LogP contribution in [0, 0.1) is 12.7 Å². The number of nitrogens with zero attached hydrogens (tertiary/aromatic N) is 3. The minimum Gasteiger partial charge on any atom is -0.368 e. The molecule has 3 rings (SSSR count). The molecule has 128 valence electrons. The topological polar surface area (TPSA) is 92.9 Å². The van der Waals surface area contributed by atoms with E-state index in [-0.39, 0.29) is 11.5 Å². The average molecular weight is 341 g/mol. The molecule has 3 aromatic rings. The molecule has 0 atom stereocenters. The molecule has 0 fully saturated rings. The second-order valence-electron chi connectivity index (χ2n) is 5.33. The molecular formula is C17H16FN5O2. The van der Waals surface area contributed by atoms with Crippen molar-refractivity contribution in [3.8, 4) is 0 Å². The summed E-state index contributed by atoms with van der Waals surface area (Å²) in [6.07, 6.45) is 3.32. The zero-order chi connectivity index (χ0) is 17.6. The SMILES string of the molecule is Cc1cc(NC(=O)c2cnc(NCCc3ccccc3F)cn2)no1. The molecule has 2 heterocycles. The molecule has 0 saturated heterocycles. The fourth-order valence-corrected chi connectivity index (χ4v) is 2.17. The molecule has 7 nitrogen and oxygen atoms in total. The molecule has 0 bridgehead atoms. The normalized spacial score (nSPS) is 10.5. The number of carbonyl (C=O) groups is 1. The quantitative estimate of drug-likeness (QED) is 0.716. The van der Waals surface area contributed by atoms with Gasteiger partial charge in [-0.1, -0.05) is 23.4 Å². The van der Waals surface area contributed by atoms with Crippen LogP contribution in [0.3, 0.4) is 0 Å². The lowest BCUT2D eigenvalue weighted by molar-refractivity contribution is 0.102. The van der Waals surface area contributed by atoms with E-state index in [2.05, 4.69) is 25.8 Å². The van der Waals surface area contributed by atoms with E-state index in [1.165, 1.54) is 18.5 Å². The van der Waals surface area contributed by atoms with E-state index >= 15 is 0 Å². The highest BCUT2D eigenvalue weighted by Crippen LogP contribution is 2.10. The van der Waals surface area contributed by atoms with Crippen LogP contribution >= 0.6 is 0 Å². The number of amides is 1. The Kier molecular flexibility index (Phi) is 4.98. The molecule has 0 saturated carbocycles. The van der Waals surface area contributed by atoms with Crippen LogP contribution in [0.15, 0.2) is 47.2 Å². The smallest absolute Gasteiger partial charge is 0.277 e. The maximum atomic E-state index is 13.5. The van der Waals surface area contributed by atoms with E-state index in [0.717, 1.165) is 0 Å². The summed E-state index contributed by atoms with van der Waals surface area (Å²) in [7, 11) is 0. The van der Waals surface area contributed by atoms with Gasteiger partial charge in [0.2, 0.25) is 0 Å². The number of rotatable bonds is 6. The van der Waals surface area contributed by atoms with Crippen LogP contribution in [0.2, 0.25) is 0 Å². The molecule has 0 aliphatic rings. The van der Waals surface area contributed by atoms with Gasteiger partial charge < -0.3 is 15.2 Å². The van der Waals surface area contributed by atoms with E-state index in [1.807, 2.05) is 0 Å². The van der Waals surface area contributed by atoms with Crippen molar-refractivity contribution < 1.29 is 13.7 Å². The lowest BCUT2D eigenvalue weighted by atomic mass is 10.1. The van der Waals surface area contributed by atoms with Crippen LogP contribution in [-0.4, -0.2) is 27.6 Å². The second kappa shape index (κ2) is 7.52. The van der Waals surface area contributed by atoms with Gasteiger partial charge in [0.15, 0.2) is 5.82 Å².